The van der Waals surface area contributed by atoms with Crippen LogP contribution < -0.4 is 14.8 Å². The molecule has 0 radical (unpaired) electrons. The Bertz CT molecular complexity index is 415. The normalized spacial score (nSPS) is 15.8. The molecule has 0 saturated heterocycles. The topological polar surface area (TPSA) is 30.5 Å². The van der Waals surface area contributed by atoms with Crippen LogP contribution in [0.2, 0.25) is 0 Å². The Kier molecular flexibility index (Phi) is 4.12. The highest BCUT2D eigenvalue weighted by Crippen LogP contribution is 2.33. The first-order valence-electron chi connectivity index (χ1n) is 6.71. The van der Waals surface area contributed by atoms with Crippen molar-refractivity contribution in [2.75, 3.05) is 13.2 Å². The summed E-state index contributed by atoms with van der Waals surface area (Å²) in [5, 5.41) is 3.53. The molecule has 1 atom stereocenters. The van der Waals surface area contributed by atoms with Crippen molar-refractivity contribution in [2.24, 2.45) is 0 Å². The molecule has 18 heavy (non-hydrogen) atoms. The van der Waals surface area contributed by atoms with Crippen LogP contribution in [-0.2, 0) is 6.42 Å². The lowest BCUT2D eigenvalue weighted by atomic mass is 10.0. The standard InChI is InChI=1S/C15H23NO2/c1-10(2)16-12(4)8-13-9-15-14(7-11(13)3)17-5-6-18-15/h7,9-10,12,16H,5-6,8H2,1-4H3. The van der Waals surface area contributed by atoms with Gasteiger partial charge >= 0.3 is 0 Å². The van der Waals surface area contributed by atoms with Gasteiger partial charge in [-0.3, -0.25) is 0 Å². The number of ether oxygens (including phenoxy) is 2. The first kappa shape index (κ1) is 13.2. The van der Waals surface area contributed by atoms with Gasteiger partial charge in [0.2, 0.25) is 0 Å². The molecule has 0 saturated carbocycles. The molecule has 2 rings (SSSR count). The number of aryl methyl sites for hydroxylation is 1. The zero-order valence-corrected chi connectivity index (χ0v) is 11.7. The maximum atomic E-state index is 5.64. The third-order valence-electron chi connectivity index (χ3n) is 3.14. The fourth-order valence-corrected chi connectivity index (χ4v) is 2.41. The van der Waals surface area contributed by atoms with Gasteiger partial charge in [-0.25, -0.2) is 0 Å². The Hall–Kier alpha value is -1.22. The fourth-order valence-electron chi connectivity index (χ4n) is 2.41. The fraction of sp³-hybridized carbons (Fsp3) is 0.600. The van der Waals surface area contributed by atoms with Crippen molar-refractivity contribution in [3.63, 3.8) is 0 Å². The second-order valence-corrected chi connectivity index (χ2v) is 5.35. The van der Waals surface area contributed by atoms with Crippen molar-refractivity contribution in [1.29, 1.82) is 0 Å². The van der Waals surface area contributed by atoms with Crippen LogP contribution in [-0.4, -0.2) is 25.3 Å². The van der Waals surface area contributed by atoms with Gasteiger partial charge in [0.15, 0.2) is 11.5 Å². The average Bonchev–Trinajstić information content (AvgIpc) is 2.29. The Morgan fingerprint density at radius 1 is 1.11 bits per heavy atom. The monoisotopic (exact) mass is 249 g/mol. The van der Waals surface area contributed by atoms with Gasteiger partial charge in [-0.2, -0.15) is 0 Å². The van der Waals surface area contributed by atoms with E-state index in [1.807, 2.05) is 0 Å². The highest BCUT2D eigenvalue weighted by Gasteiger charge is 2.15. The van der Waals surface area contributed by atoms with Crippen LogP contribution in [0.5, 0.6) is 11.5 Å². The molecule has 0 fully saturated rings. The minimum atomic E-state index is 0.464. The van der Waals surface area contributed by atoms with E-state index in [0.29, 0.717) is 25.3 Å². The van der Waals surface area contributed by atoms with Gasteiger partial charge in [0.25, 0.3) is 0 Å². The summed E-state index contributed by atoms with van der Waals surface area (Å²) in [6.07, 6.45) is 1.01. The van der Waals surface area contributed by atoms with Crippen LogP contribution in [0.15, 0.2) is 12.1 Å². The third kappa shape index (κ3) is 3.16. The van der Waals surface area contributed by atoms with E-state index in [4.69, 9.17) is 9.47 Å². The lowest BCUT2D eigenvalue weighted by Gasteiger charge is -2.22. The number of benzene rings is 1. The molecule has 0 amide bonds. The first-order chi connectivity index (χ1) is 8.56. The predicted octanol–water partition coefficient (Wildman–Crippen LogP) is 2.70. The van der Waals surface area contributed by atoms with Gasteiger partial charge < -0.3 is 14.8 Å². The lowest BCUT2D eigenvalue weighted by Crippen LogP contribution is -2.34. The highest BCUT2D eigenvalue weighted by molar-refractivity contribution is 5.48. The summed E-state index contributed by atoms with van der Waals surface area (Å²) >= 11 is 0. The Morgan fingerprint density at radius 2 is 1.72 bits per heavy atom. The quantitative estimate of drug-likeness (QED) is 0.890. The van der Waals surface area contributed by atoms with Crippen LogP contribution in [0, 0.1) is 6.92 Å². The summed E-state index contributed by atoms with van der Waals surface area (Å²) in [7, 11) is 0. The molecular weight excluding hydrogens is 226 g/mol. The Balaban J connectivity index is 2.13. The van der Waals surface area contributed by atoms with Crippen molar-refractivity contribution in [2.45, 2.75) is 46.2 Å². The lowest BCUT2D eigenvalue weighted by molar-refractivity contribution is 0.171. The molecular formula is C15H23NO2. The minimum absolute atomic E-state index is 0.464. The third-order valence-corrected chi connectivity index (χ3v) is 3.14. The molecule has 1 heterocycles. The van der Waals surface area contributed by atoms with Crippen molar-refractivity contribution >= 4 is 0 Å². The molecule has 0 bridgehead atoms. The van der Waals surface area contributed by atoms with Crippen LogP contribution in [0.3, 0.4) is 0 Å². The van der Waals surface area contributed by atoms with E-state index in [1.54, 1.807) is 0 Å². The number of fused-ring (bicyclic) bond motifs is 1. The zero-order valence-electron chi connectivity index (χ0n) is 11.7. The molecule has 1 aromatic rings. The molecule has 1 aromatic carbocycles. The summed E-state index contributed by atoms with van der Waals surface area (Å²) in [6, 6.07) is 5.19. The zero-order chi connectivity index (χ0) is 13.1. The smallest absolute Gasteiger partial charge is 0.161 e. The molecule has 3 heteroatoms. The summed E-state index contributed by atoms with van der Waals surface area (Å²) in [4.78, 5) is 0. The van der Waals surface area contributed by atoms with E-state index in [-0.39, 0.29) is 0 Å². The van der Waals surface area contributed by atoms with Crippen molar-refractivity contribution in [1.82, 2.24) is 5.32 Å². The summed E-state index contributed by atoms with van der Waals surface area (Å²) < 4.78 is 11.2. The van der Waals surface area contributed by atoms with Crippen molar-refractivity contribution in [3.05, 3.63) is 23.3 Å². The van der Waals surface area contributed by atoms with Crippen LogP contribution in [0.1, 0.15) is 31.9 Å². The van der Waals surface area contributed by atoms with E-state index in [9.17, 15) is 0 Å². The van der Waals surface area contributed by atoms with Gasteiger partial charge in [-0.1, -0.05) is 13.8 Å². The van der Waals surface area contributed by atoms with Crippen LogP contribution in [0.25, 0.3) is 0 Å². The van der Waals surface area contributed by atoms with Crippen LogP contribution >= 0.6 is 0 Å². The highest BCUT2D eigenvalue weighted by atomic mass is 16.6. The van der Waals surface area contributed by atoms with E-state index in [0.717, 1.165) is 17.9 Å². The Labute approximate surface area is 109 Å². The Morgan fingerprint density at radius 3 is 2.33 bits per heavy atom. The molecule has 1 aliphatic rings. The van der Waals surface area contributed by atoms with Gasteiger partial charge in [-0.05, 0) is 43.5 Å². The predicted molar refractivity (Wildman–Crippen MR) is 73.6 cm³/mol. The molecule has 0 spiro atoms. The minimum Gasteiger partial charge on any atom is -0.486 e. The average molecular weight is 249 g/mol. The largest absolute Gasteiger partial charge is 0.486 e. The molecule has 0 aromatic heterocycles. The number of nitrogens with one attached hydrogen (secondary N) is 1. The second kappa shape index (κ2) is 5.61. The second-order valence-electron chi connectivity index (χ2n) is 5.35. The van der Waals surface area contributed by atoms with E-state index in [1.165, 1.54) is 11.1 Å². The number of hydrogen-bond donors (Lipinski definition) is 1. The maximum absolute atomic E-state index is 5.64. The molecule has 1 aliphatic heterocycles. The first-order valence-corrected chi connectivity index (χ1v) is 6.71. The number of rotatable bonds is 4. The number of hydrogen-bond acceptors (Lipinski definition) is 3. The van der Waals surface area contributed by atoms with E-state index in [2.05, 4.69) is 45.1 Å². The van der Waals surface area contributed by atoms with E-state index >= 15 is 0 Å². The molecule has 100 valence electrons. The van der Waals surface area contributed by atoms with Gasteiger partial charge in [0.1, 0.15) is 13.2 Å². The molecule has 1 N–H and O–H groups in total. The van der Waals surface area contributed by atoms with Crippen LogP contribution in [0.4, 0.5) is 0 Å². The summed E-state index contributed by atoms with van der Waals surface area (Å²) in [5.41, 5.74) is 2.61. The van der Waals surface area contributed by atoms with Crippen molar-refractivity contribution in [3.8, 4) is 11.5 Å². The van der Waals surface area contributed by atoms with Gasteiger partial charge in [-0.15, -0.1) is 0 Å². The maximum Gasteiger partial charge on any atom is 0.161 e. The van der Waals surface area contributed by atoms with Gasteiger partial charge in [0.05, 0.1) is 0 Å². The molecule has 3 nitrogen and oxygen atoms in total. The summed E-state index contributed by atoms with van der Waals surface area (Å²) in [6.45, 7) is 10.00. The molecule has 1 unspecified atom stereocenters. The SMILES string of the molecule is Cc1cc2c(cc1CC(C)NC(C)C)OCCO2. The van der Waals surface area contributed by atoms with Crippen molar-refractivity contribution < 1.29 is 9.47 Å². The summed E-state index contributed by atoms with van der Waals surface area (Å²) in [5.74, 6) is 1.77. The molecule has 0 aliphatic carbocycles. The van der Waals surface area contributed by atoms with E-state index < -0.39 is 0 Å². The van der Waals surface area contributed by atoms with Gasteiger partial charge in [0, 0.05) is 12.1 Å².